The molecule has 0 heterocycles. The summed E-state index contributed by atoms with van der Waals surface area (Å²) in [4.78, 5) is 11.5. The first-order chi connectivity index (χ1) is 7.09. The van der Waals surface area contributed by atoms with Gasteiger partial charge < -0.3 is 15.5 Å². The van der Waals surface area contributed by atoms with Crippen LogP contribution in [0.2, 0.25) is 0 Å². The van der Waals surface area contributed by atoms with Crippen molar-refractivity contribution in [3.8, 4) is 5.75 Å². The maximum absolute atomic E-state index is 11.5. The summed E-state index contributed by atoms with van der Waals surface area (Å²) in [5.41, 5.74) is 0.417. The lowest BCUT2D eigenvalue weighted by Crippen LogP contribution is -2.26. The van der Waals surface area contributed by atoms with Crippen LogP contribution in [0.3, 0.4) is 0 Å². The van der Waals surface area contributed by atoms with Crippen LogP contribution in [0.4, 0.5) is 0 Å². The molecule has 1 aromatic carbocycles. The number of nitrogens with one attached hydrogen (secondary N) is 1. The van der Waals surface area contributed by atoms with Crippen molar-refractivity contribution in [1.82, 2.24) is 5.32 Å². The second-order valence-electron chi connectivity index (χ2n) is 3.44. The van der Waals surface area contributed by atoms with Gasteiger partial charge in [0.25, 0.3) is 5.91 Å². The monoisotopic (exact) mass is 209 g/mol. The van der Waals surface area contributed by atoms with Crippen LogP contribution < -0.4 is 5.32 Å². The largest absolute Gasteiger partial charge is 0.508 e. The number of phenolic OH excluding ortho intramolecular Hbond substituents is 1. The highest BCUT2D eigenvalue weighted by Gasteiger charge is 2.05. The van der Waals surface area contributed by atoms with Gasteiger partial charge in [-0.05, 0) is 31.5 Å². The zero-order valence-electron chi connectivity index (χ0n) is 8.60. The Labute approximate surface area is 88.6 Å². The van der Waals surface area contributed by atoms with E-state index in [1.807, 2.05) is 0 Å². The Morgan fingerprint density at radius 1 is 1.53 bits per heavy atom. The molecule has 1 unspecified atom stereocenters. The van der Waals surface area contributed by atoms with Gasteiger partial charge in [-0.15, -0.1) is 0 Å². The number of aliphatic hydroxyl groups excluding tert-OH is 1. The molecular weight excluding hydrogens is 194 g/mol. The smallest absolute Gasteiger partial charge is 0.251 e. The SMILES string of the molecule is CC(O)CCNC(=O)c1cccc(O)c1. The van der Waals surface area contributed by atoms with Crippen LogP contribution in [0, 0.1) is 0 Å². The Hall–Kier alpha value is -1.55. The molecule has 0 fully saturated rings. The fourth-order valence-corrected chi connectivity index (χ4v) is 1.14. The van der Waals surface area contributed by atoms with Crippen molar-refractivity contribution in [2.45, 2.75) is 19.4 Å². The molecule has 0 aliphatic heterocycles. The van der Waals surface area contributed by atoms with E-state index < -0.39 is 6.10 Å². The van der Waals surface area contributed by atoms with Crippen LogP contribution in [0.5, 0.6) is 5.75 Å². The van der Waals surface area contributed by atoms with Crippen molar-refractivity contribution in [2.24, 2.45) is 0 Å². The molecule has 1 amide bonds. The van der Waals surface area contributed by atoms with Crippen LogP contribution in [-0.2, 0) is 0 Å². The van der Waals surface area contributed by atoms with Crippen LogP contribution in [0.1, 0.15) is 23.7 Å². The number of benzene rings is 1. The van der Waals surface area contributed by atoms with Crippen molar-refractivity contribution in [1.29, 1.82) is 0 Å². The van der Waals surface area contributed by atoms with Crippen LogP contribution in [-0.4, -0.2) is 28.8 Å². The first-order valence-corrected chi connectivity index (χ1v) is 4.85. The molecule has 0 aromatic heterocycles. The van der Waals surface area contributed by atoms with E-state index >= 15 is 0 Å². The minimum absolute atomic E-state index is 0.0678. The third-order valence-corrected chi connectivity index (χ3v) is 1.96. The van der Waals surface area contributed by atoms with Gasteiger partial charge >= 0.3 is 0 Å². The van der Waals surface area contributed by atoms with Gasteiger partial charge in [0.1, 0.15) is 5.75 Å². The third-order valence-electron chi connectivity index (χ3n) is 1.96. The van der Waals surface area contributed by atoms with Crippen LogP contribution in [0.25, 0.3) is 0 Å². The summed E-state index contributed by atoms with van der Waals surface area (Å²) in [5, 5.41) is 20.8. The minimum atomic E-state index is -0.422. The highest BCUT2D eigenvalue weighted by molar-refractivity contribution is 5.94. The summed E-state index contributed by atoms with van der Waals surface area (Å²) in [7, 11) is 0. The van der Waals surface area contributed by atoms with Gasteiger partial charge in [-0.25, -0.2) is 0 Å². The number of aromatic hydroxyl groups is 1. The van der Waals surface area contributed by atoms with E-state index in [0.29, 0.717) is 18.5 Å². The molecule has 0 aliphatic carbocycles. The van der Waals surface area contributed by atoms with Gasteiger partial charge in [-0.1, -0.05) is 6.07 Å². The van der Waals surface area contributed by atoms with E-state index in [-0.39, 0.29) is 11.7 Å². The van der Waals surface area contributed by atoms with E-state index in [0.717, 1.165) is 0 Å². The normalized spacial score (nSPS) is 12.1. The number of carbonyl (C=O) groups is 1. The molecule has 0 saturated heterocycles. The average molecular weight is 209 g/mol. The van der Waals surface area contributed by atoms with E-state index in [1.54, 1.807) is 19.1 Å². The predicted octanol–water partition coefficient (Wildman–Crippen LogP) is 0.893. The Kier molecular flexibility index (Phi) is 4.12. The Balaban J connectivity index is 2.47. The molecule has 15 heavy (non-hydrogen) atoms. The van der Waals surface area contributed by atoms with Gasteiger partial charge in [-0.2, -0.15) is 0 Å². The fourth-order valence-electron chi connectivity index (χ4n) is 1.14. The molecule has 3 N–H and O–H groups in total. The number of rotatable bonds is 4. The summed E-state index contributed by atoms with van der Waals surface area (Å²) in [5.74, 6) is -0.176. The van der Waals surface area contributed by atoms with Crippen molar-refractivity contribution in [3.63, 3.8) is 0 Å². The maximum atomic E-state index is 11.5. The fraction of sp³-hybridized carbons (Fsp3) is 0.364. The Morgan fingerprint density at radius 2 is 2.27 bits per heavy atom. The van der Waals surface area contributed by atoms with Gasteiger partial charge in [0, 0.05) is 12.1 Å². The number of amides is 1. The first kappa shape index (κ1) is 11.5. The second kappa shape index (κ2) is 5.36. The highest BCUT2D eigenvalue weighted by Crippen LogP contribution is 2.10. The summed E-state index contributed by atoms with van der Waals surface area (Å²) < 4.78 is 0. The average Bonchev–Trinajstić information content (AvgIpc) is 2.17. The molecule has 82 valence electrons. The molecular formula is C11H15NO3. The van der Waals surface area contributed by atoms with Crippen molar-refractivity contribution >= 4 is 5.91 Å². The topological polar surface area (TPSA) is 69.6 Å². The number of phenols is 1. The number of hydrogen-bond donors (Lipinski definition) is 3. The van der Waals surface area contributed by atoms with Crippen molar-refractivity contribution in [3.05, 3.63) is 29.8 Å². The summed E-state index contributed by atoms with van der Waals surface area (Å²) in [6, 6.07) is 6.14. The summed E-state index contributed by atoms with van der Waals surface area (Å²) >= 11 is 0. The molecule has 0 spiro atoms. The molecule has 1 aromatic rings. The molecule has 4 heteroatoms. The zero-order valence-corrected chi connectivity index (χ0v) is 8.60. The van der Waals surface area contributed by atoms with E-state index in [2.05, 4.69) is 5.32 Å². The van der Waals surface area contributed by atoms with Gasteiger partial charge in [-0.3, -0.25) is 4.79 Å². The molecule has 4 nitrogen and oxygen atoms in total. The first-order valence-electron chi connectivity index (χ1n) is 4.85. The minimum Gasteiger partial charge on any atom is -0.508 e. The van der Waals surface area contributed by atoms with E-state index in [9.17, 15) is 4.79 Å². The van der Waals surface area contributed by atoms with Crippen molar-refractivity contribution < 1.29 is 15.0 Å². The van der Waals surface area contributed by atoms with Gasteiger partial charge in [0.05, 0.1) is 6.10 Å². The Morgan fingerprint density at radius 3 is 2.87 bits per heavy atom. The van der Waals surface area contributed by atoms with Gasteiger partial charge in [0.2, 0.25) is 0 Å². The quantitative estimate of drug-likeness (QED) is 0.689. The Bertz CT molecular complexity index is 336. The lowest BCUT2D eigenvalue weighted by molar-refractivity contribution is 0.0945. The van der Waals surface area contributed by atoms with Crippen LogP contribution >= 0.6 is 0 Å². The highest BCUT2D eigenvalue weighted by atomic mass is 16.3. The number of hydrogen-bond acceptors (Lipinski definition) is 3. The molecule has 0 bridgehead atoms. The van der Waals surface area contributed by atoms with Gasteiger partial charge in [0.15, 0.2) is 0 Å². The molecule has 0 aliphatic rings. The second-order valence-corrected chi connectivity index (χ2v) is 3.44. The predicted molar refractivity (Wildman–Crippen MR) is 56.7 cm³/mol. The molecule has 0 radical (unpaired) electrons. The number of carbonyl (C=O) groups excluding carboxylic acids is 1. The number of aliphatic hydroxyl groups is 1. The zero-order chi connectivity index (χ0) is 11.3. The lowest BCUT2D eigenvalue weighted by Gasteiger charge is -2.06. The van der Waals surface area contributed by atoms with E-state index in [4.69, 9.17) is 10.2 Å². The van der Waals surface area contributed by atoms with E-state index in [1.165, 1.54) is 12.1 Å². The summed E-state index contributed by atoms with van der Waals surface area (Å²) in [6.07, 6.45) is 0.0966. The third kappa shape index (κ3) is 3.99. The lowest BCUT2D eigenvalue weighted by atomic mass is 10.2. The maximum Gasteiger partial charge on any atom is 0.251 e. The standard InChI is InChI=1S/C11H15NO3/c1-8(13)5-6-12-11(15)9-3-2-4-10(14)7-9/h2-4,7-8,13-14H,5-6H2,1H3,(H,12,15). The van der Waals surface area contributed by atoms with Crippen LogP contribution in [0.15, 0.2) is 24.3 Å². The molecule has 0 saturated carbocycles. The molecule has 1 rings (SSSR count). The molecule has 1 atom stereocenters. The van der Waals surface area contributed by atoms with Crippen molar-refractivity contribution in [2.75, 3.05) is 6.54 Å². The summed E-state index contributed by atoms with van der Waals surface area (Å²) in [6.45, 7) is 2.09.